The molecule has 0 aromatic heterocycles. The summed E-state index contributed by atoms with van der Waals surface area (Å²) >= 11 is 0. The van der Waals surface area contributed by atoms with Crippen LogP contribution in [0.3, 0.4) is 0 Å². The van der Waals surface area contributed by atoms with E-state index in [9.17, 15) is 0 Å². The first kappa shape index (κ1) is 14.4. The molecule has 3 aromatic rings. The van der Waals surface area contributed by atoms with E-state index in [4.69, 9.17) is 4.74 Å². The Balaban J connectivity index is 1.63. The molecule has 0 atom stereocenters. The molecule has 110 valence electrons. The third-order valence-electron chi connectivity index (χ3n) is 3.92. The Morgan fingerprint density at radius 3 is 1.64 bits per heavy atom. The van der Waals surface area contributed by atoms with Gasteiger partial charge in [0.25, 0.3) is 0 Å². The smallest absolute Gasteiger partial charge is 0.118 e. The highest BCUT2D eigenvalue weighted by atomic mass is 16.5. The molecular weight excluding hydrogens is 268 g/mol. The van der Waals surface area contributed by atoms with E-state index >= 15 is 0 Å². The molecule has 0 amide bonds. The monoisotopic (exact) mass is 288 g/mol. The molecule has 0 aliphatic carbocycles. The lowest BCUT2D eigenvalue weighted by atomic mass is 10.0. The van der Waals surface area contributed by atoms with E-state index in [-0.39, 0.29) is 0 Å². The minimum absolute atomic E-state index is 0.913. The molecule has 0 aliphatic heterocycles. The van der Waals surface area contributed by atoms with E-state index < -0.39 is 0 Å². The van der Waals surface area contributed by atoms with Crippen LogP contribution in [-0.2, 0) is 12.8 Å². The Bertz CT molecular complexity index is 697. The Kier molecular flexibility index (Phi) is 4.55. The molecule has 22 heavy (non-hydrogen) atoms. The predicted octanol–water partition coefficient (Wildman–Crippen LogP) is 5.15. The van der Waals surface area contributed by atoms with Gasteiger partial charge in [-0.25, -0.2) is 0 Å². The standard InChI is InChI=1S/C21H20O/c1-22-21-15-11-18(12-16-21)8-7-17-9-13-20(14-10-17)19-5-3-2-4-6-19/h2-6,9-16H,7-8H2,1H3. The summed E-state index contributed by atoms with van der Waals surface area (Å²) in [5, 5.41) is 0. The summed E-state index contributed by atoms with van der Waals surface area (Å²) in [7, 11) is 1.70. The Hall–Kier alpha value is -2.54. The molecule has 0 saturated carbocycles. The molecule has 1 heteroatoms. The molecule has 0 unspecified atom stereocenters. The zero-order valence-corrected chi connectivity index (χ0v) is 12.8. The molecule has 0 heterocycles. The van der Waals surface area contributed by atoms with Crippen LogP contribution in [0.5, 0.6) is 5.75 Å². The van der Waals surface area contributed by atoms with Crippen molar-refractivity contribution >= 4 is 0 Å². The molecule has 0 spiro atoms. The molecule has 3 rings (SSSR count). The van der Waals surface area contributed by atoms with E-state index in [0.717, 1.165) is 18.6 Å². The largest absolute Gasteiger partial charge is 0.497 e. The average molecular weight is 288 g/mol. The number of hydrogen-bond acceptors (Lipinski definition) is 1. The molecular formula is C21H20O. The summed E-state index contributed by atoms with van der Waals surface area (Å²) in [6, 6.07) is 27.7. The van der Waals surface area contributed by atoms with Gasteiger partial charge in [0.1, 0.15) is 5.75 Å². The van der Waals surface area contributed by atoms with Crippen molar-refractivity contribution < 1.29 is 4.74 Å². The summed E-state index contributed by atoms with van der Waals surface area (Å²) in [6.07, 6.45) is 2.11. The number of rotatable bonds is 5. The highest BCUT2D eigenvalue weighted by Gasteiger charge is 1.99. The second-order valence-electron chi connectivity index (χ2n) is 5.41. The van der Waals surface area contributed by atoms with Gasteiger partial charge in [-0.05, 0) is 47.2 Å². The summed E-state index contributed by atoms with van der Waals surface area (Å²) in [5.74, 6) is 0.913. The number of aryl methyl sites for hydroxylation is 2. The van der Waals surface area contributed by atoms with Crippen molar-refractivity contribution in [3.05, 3.63) is 90.0 Å². The van der Waals surface area contributed by atoms with Gasteiger partial charge in [0.2, 0.25) is 0 Å². The van der Waals surface area contributed by atoms with Crippen molar-refractivity contribution in [1.29, 1.82) is 0 Å². The number of ether oxygens (including phenoxy) is 1. The van der Waals surface area contributed by atoms with Crippen LogP contribution in [-0.4, -0.2) is 7.11 Å². The van der Waals surface area contributed by atoms with Crippen molar-refractivity contribution in [2.24, 2.45) is 0 Å². The maximum Gasteiger partial charge on any atom is 0.118 e. The van der Waals surface area contributed by atoms with Gasteiger partial charge in [-0.3, -0.25) is 0 Å². The van der Waals surface area contributed by atoms with Crippen LogP contribution in [0.25, 0.3) is 11.1 Å². The van der Waals surface area contributed by atoms with Gasteiger partial charge in [-0.2, -0.15) is 0 Å². The van der Waals surface area contributed by atoms with Crippen molar-refractivity contribution in [1.82, 2.24) is 0 Å². The second kappa shape index (κ2) is 6.95. The van der Waals surface area contributed by atoms with E-state index in [1.807, 2.05) is 18.2 Å². The third-order valence-corrected chi connectivity index (χ3v) is 3.92. The van der Waals surface area contributed by atoms with Gasteiger partial charge in [0.15, 0.2) is 0 Å². The summed E-state index contributed by atoms with van der Waals surface area (Å²) in [6.45, 7) is 0. The second-order valence-corrected chi connectivity index (χ2v) is 5.41. The van der Waals surface area contributed by atoms with Crippen LogP contribution in [0.1, 0.15) is 11.1 Å². The molecule has 0 saturated heterocycles. The lowest BCUT2D eigenvalue weighted by Crippen LogP contribution is -1.92. The molecule has 0 fully saturated rings. The van der Waals surface area contributed by atoms with E-state index in [0.29, 0.717) is 0 Å². The number of benzene rings is 3. The zero-order chi connectivity index (χ0) is 15.2. The molecule has 1 nitrogen and oxygen atoms in total. The zero-order valence-electron chi connectivity index (χ0n) is 12.8. The van der Waals surface area contributed by atoms with Crippen molar-refractivity contribution in [2.75, 3.05) is 7.11 Å². The number of hydrogen-bond donors (Lipinski definition) is 0. The Labute approximate surface area is 132 Å². The van der Waals surface area contributed by atoms with Crippen molar-refractivity contribution in [3.8, 4) is 16.9 Å². The van der Waals surface area contributed by atoms with Crippen LogP contribution in [0.4, 0.5) is 0 Å². The van der Waals surface area contributed by atoms with Gasteiger partial charge in [0.05, 0.1) is 7.11 Å². The first-order chi connectivity index (χ1) is 10.8. The maximum atomic E-state index is 5.19. The highest BCUT2D eigenvalue weighted by Crippen LogP contribution is 2.20. The Morgan fingerprint density at radius 1 is 0.591 bits per heavy atom. The fraction of sp³-hybridized carbons (Fsp3) is 0.143. The van der Waals surface area contributed by atoms with Crippen molar-refractivity contribution in [3.63, 3.8) is 0 Å². The average Bonchev–Trinajstić information content (AvgIpc) is 2.61. The molecule has 0 aliphatic rings. The fourth-order valence-corrected chi connectivity index (χ4v) is 2.58. The SMILES string of the molecule is COc1ccc(CCc2ccc(-c3ccccc3)cc2)cc1. The van der Waals surface area contributed by atoms with Gasteiger partial charge in [0, 0.05) is 0 Å². The van der Waals surface area contributed by atoms with Crippen LogP contribution in [0, 0.1) is 0 Å². The normalized spacial score (nSPS) is 10.4. The minimum atomic E-state index is 0.913. The lowest BCUT2D eigenvalue weighted by molar-refractivity contribution is 0.414. The fourth-order valence-electron chi connectivity index (χ4n) is 2.58. The first-order valence-corrected chi connectivity index (χ1v) is 7.62. The van der Waals surface area contributed by atoms with E-state index in [1.54, 1.807) is 7.11 Å². The predicted molar refractivity (Wildman–Crippen MR) is 92.3 cm³/mol. The van der Waals surface area contributed by atoms with Crippen LogP contribution in [0.15, 0.2) is 78.9 Å². The van der Waals surface area contributed by atoms with E-state index in [2.05, 4.69) is 60.7 Å². The topological polar surface area (TPSA) is 9.23 Å². The maximum absolute atomic E-state index is 5.19. The molecule has 0 bridgehead atoms. The first-order valence-electron chi connectivity index (χ1n) is 7.62. The Morgan fingerprint density at radius 2 is 1.09 bits per heavy atom. The minimum Gasteiger partial charge on any atom is -0.497 e. The molecule has 0 N–H and O–H groups in total. The number of methoxy groups -OCH3 is 1. The quantitative estimate of drug-likeness (QED) is 0.631. The lowest BCUT2D eigenvalue weighted by Gasteiger charge is -2.06. The van der Waals surface area contributed by atoms with E-state index in [1.165, 1.54) is 22.3 Å². The molecule has 3 aromatic carbocycles. The van der Waals surface area contributed by atoms with Crippen LogP contribution in [0.2, 0.25) is 0 Å². The van der Waals surface area contributed by atoms with Gasteiger partial charge < -0.3 is 4.74 Å². The van der Waals surface area contributed by atoms with Gasteiger partial charge >= 0.3 is 0 Å². The highest BCUT2D eigenvalue weighted by molar-refractivity contribution is 5.63. The summed E-state index contributed by atoms with van der Waals surface area (Å²) < 4.78 is 5.19. The van der Waals surface area contributed by atoms with Gasteiger partial charge in [-0.15, -0.1) is 0 Å². The third kappa shape index (κ3) is 3.56. The summed E-state index contributed by atoms with van der Waals surface area (Å²) in [5.41, 5.74) is 5.25. The molecule has 0 radical (unpaired) electrons. The summed E-state index contributed by atoms with van der Waals surface area (Å²) in [4.78, 5) is 0. The van der Waals surface area contributed by atoms with Crippen LogP contribution >= 0.6 is 0 Å². The van der Waals surface area contributed by atoms with Crippen LogP contribution < -0.4 is 4.74 Å². The van der Waals surface area contributed by atoms with Crippen molar-refractivity contribution in [2.45, 2.75) is 12.8 Å². The van der Waals surface area contributed by atoms with Gasteiger partial charge in [-0.1, -0.05) is 66.7 Å².